The summed E-state index contributed by atoms with van der Waals surface area (Å²) in [6.45, 7) is 1.54. The summed E-state index contributed by atoms with van der Waals surface area (Å²) in [6.07, 6.45) is 0.979. The van der Waals surface area contributed by atoms with Crippen molar-refractivity contribution in [2.24, 2.45) is 0 Å². The molecule has 26 heavy (non-hydrogen) atoms. The average molecular weight is 352 g/mol. The summed E-state index contributed by atoms with van der Waals surface area (Å²) in [5, 5.41) is 3.68. The number of aromatic amines is 1. The van der Waals surface area contributed by atoms with Gasteiger partial charge in [-0.05, 0) is 30.7 Å². The number of hydrogen-bond donors (Lipinski definition) is 2. The monoisotopic (exact) mass is 352 g/mol. The molecule has 0 bridgehead atoms. The lowest BCUT2D eigenvalue weighted by molar-refractivity contribution is -0.152. The Kier molecular flexibility index (Phi) is 5.22. The maximum absolute atomic E-state index is 12.2. The molecule has 1 atom stereocenters. The van der Waals surface area contributed by atoms with Crippen molar-refractivity contribution in [2.45, 2.75) is 19.4 Å². The fourth-order valence-electron chi connectivity index (χ4n) is 2.67. The quantitative estimate of drug-likeness (QED) is 0.667. The summed E-state index contributed by atoms with van der Waals surface area (Å²) < 4.78 is 10.4. The number of H-pyrrole nitrogens is 1. The van der Waals surface area contributed by atoms with Gasteiger partial charge in [-0.25, -0.2) is 0 Å². The van der Waals surface area contributed by atoms with E-state index in [1.54, 1.807) is 44.5 Å². The molecule has 6 nitrogen and oxygen atoms in total. The van der Waals surface area contributed by atoms with Crippen LogP contribution < -0.4 is 10.1 Å². The number of nitrogens with one attached hydrogen (secondary N) is 2. The van der Waals surface area contributed by atoms with Crippen LogP contribution in [0.3, 0.4) is 0 Å². The number of carbonyl (C=O) groups is 2. The molecule has 2 N–H and O–H groups in total. The number of benzene rings is 2. The minimum Gasteiger partial charge on any atom is -0.497 e. The molecular weight excluding hydrogens is 332 g/mol. The molecule has 3 rings (SSSR count). The number of anilines is 1. The topological polar surface area (TPSA) is 80.4 Å². The fourth-order valence-corrected chi connectivity index (χ4v) is 2.67. The Morgan fingerprint density at radius 2 is 1.96 bits per heavy atom. The number of carbonyl (C=O) groups excluding carboxylic acids is 2. The van der Waals surface area contributed by atoms with Crippen LogP contribution in [0.4, 0.5) is 5.69 Å². The maximum Gasteiger partial charge on any atom is 0.311 e. The maximum atomic E-state index is 12.2. The summed E-state index contributed by atoms with van der Waals surface area (Å²) in [6, 6.07) is 14.7. The van der Waals surface area contributed by atoms with Crippen molar-refractivity contribution in [1.82, 2.24) is 4.98 Å². The van der Waals surface area contributed by atoms with E-state index in [9.17, 15) is 9.59 Å². The van der Waals surface area contributed by atoms with Crippen LogP contribution in [0.1, 0.15) is 12.5 Å². The average Bonchev–Trinajstić information content (AvgIpc) is 3.04. The predicted octanol–water partition coefficient (Wildman–Crippen LogP) is 3.29. The molecule has 0 aliphatic rings. The second kappa shape index (κ2) is 7.74. The summed E-state index contributed by atoms with van der Waals surface area (Å²) >= 11 is 0. The van der Waals surface area contributed by atoms with E-state index in [-0.39, 0.29) is 6.42 Å². The van der Waals surface area contributed by atoms with Crippen LogP contribution in [0.2, 0.25) is 0 Å². The highest BCUT2D eigenvalue weighted by Gasteiger charge is 2.19. The molecule has 0 aliphatic carbocycles. The first-order valence-corrected chi connectivity index (χ1v) is 8.26. The highest BCUT2D eigenvalue weighted by atomic mass is 16.5. The number of para-hydroxylation sites is 1. The molecule has 1 amide bonds. The Morgan fingerprint density at radius 3 is 2.77 bits per heavy atom. The first kappa shape index (κ1) is 17.5. The molecule has 1 aromatic heterocycles. The van der Waals surface area contributed by atoms with Gasteiger partial charge in [0, 0.05) is 28.9 Å². The number of methoxy groups -OCH3 is 1. The van der Waals surface area contributed by atoms with Crippen LogP contribution in [0.5, 0.6) is 5.75 Å². The minimum absolute atomic E-state index is 0.0980. The molecule has 0 fully saturated rings. The number of amides is 1. The number of ether oxygens (including phenoxy) is 2. The minimum atomic E-state index is -0.904. The van der Waals surface area contributed by atoms with E-state index in [4.69, 9.17) is 9.47 Å². The van der Waals surface area contributed by atoms with E-state index in [0.29, 0.717) is 11.4 Å². The second-order valence-electron chi connectivity index (χ2n) is 5.89. The third kappa shape index (κ3) is 4.03. The zero-order valence-corrected chi connectivity index (χ0v) is 14.6. The smallest absolute Gasteiger partial charge is 0.311 e. The molecule has 0 aliphatic heterocycles. The van der Waals surface area contributed by atoms with Gasteiger partial charge < -0.3 is 19.8 Å². The van der Waals surface area contributed by atoms with Crippen molar-refractivity contribution < 1.29 is 19.1 Å². The number of rotatable bonds is 6. The number of esters is 1. The second-order valence-corrected chi connectivity index (χ2v) is 5.89. The third-order valence-corrected chi connectivity index (χ3v) is 4.02. The van der Waals surface area contributed by atoms with Crippen LogP contribution >= 0.6 is 0 Å². The van der Waals surface area contributed by atoms with E-state index in [1.807, 2.05) is 24.3 Å². The van der Waals surface area contributed by atoms with Gasteiger partial charge in [-0.15, -0.1) is 0 Å². The summed E-state index contributed by atoms with van der Waals surface area (Å²) in [4.78, 5) is 27.5. The Labute approximate surface area is 151 Å². The molecule has 0 spiro atoms. The van der Waals surface area contributed by atoms with Crippen LogP contribution in [-0.4, -0.2) is 30.1 Å². The van der Waals surface area contributed by atoms with Gasteiger partial charge in [-0.1, -0.05) is 24.3 Å². The molecule has 0 unspecified atom stereocenters. The predicted molar refractivity (Wildman–Crippen MR) is 99.2 cm³/mol. The zero-order chi connectivity index (χ0) is 18.5. The van der Waals surface area contributed by atoms with Crippen LogP contribution in [-0.2, 0) is 20.7 Å². The first-order valence-electron chi connectivity index (χ1n) is 8.26. The Morgan fingerprint density at radius 1 is 1.15 bits per heavy atom. The molecule has 1 heterocycles. The number of aromatic nitrogens is 1. The van der Waals surface area contributed by atoms with Crippen LogP contribution in [0, 0.1) is 0 Å². The van der Waals surface area contributed by atoms with E-state index in [1.165, 1.54) is 0 Å². The summed E-state index contributed by atoms with van der Waals surface area (Å²) in [5.74, 6) is -0.222. The molecule has 134 valence electrons. The van der Waals surface area contributed by atoms with Gasteiger partial charge >= 0.3 is 5.97 Å². The third-order valence-electron chi connectivity index (χ3n) is 4.02. The molecule has 0 saturated heterocycles. The van der Waals surface area contributed by atoms with Crippen molar-refractivity contribution in [3.8, 4) is 5.75 Å². The van der Waals surface area contributed by atoms with Gasteiger partial charge in [0.15, 0.2) is 6.10 Å². The number of fused-ring (bicyclic) bond motifs is 1. The standard InChI is InChI=1S/C20H20N2O4/c1-13(20(24)22-15-6-5-7-16(11-15)25-2)26-19(23)10-14-12-21-18-9-4-3-8-17(14)18/h3-9,11-13,21H,10H2,1-2H3,(H,22,24)/t13-/m0/s1. The van der Waals surface area contributed by atoms with Crippen molar-refractivity contribution in [3.05, 3.63) is 60.3 Å². The lowest BCUT2D eigenvalue weighted by Gasteiger charge is -2.14. The molecule has 0 saturated carbocycles. The normalized spacial score (nSPS) is 11.8. The Hall–Kier alpha value is -3.28. The largest absolute Gasteiger partial charge is 0.497 e. The van der Waals surface area contributed by atoms with E-state index in [2.05, 4.69) is 10.3 Å². The van der Waals surface area contributed by atoms with Crippen molar-refractivity contribution in [2.75, 3.05) is 12.4 Å². The van der Waals surface area contributed by atoms with Gasteiger partial charge in [0.1, 0.15) is 5.75 Å². The van der Waals surface area contributed by atoms with Gasteiger partial charge in [0.25, 0.3) is 5.91 Å². The highest BCUT2D eigenvalue weighted by molar-refractivity contribution is 5.95. The molecule has 0 radical (unpaired) electrons. The van der Waals surface area contributed by atoms with E-state index < -0.39 is 18.0 Å². The van der Waals surface area contributed by atoms with Crippen molar-refractivity contribution in [1.29, 1.82) is 0 Å². The highest BCUT2D eigenvalue weighted by Crippen LogP contribution is 2.19. The Bertz CT molecular complexity index is 932. The van der Waals surface area contributed by atoms with Gasteiger partial charge in [-0.3, -0.25) is 9.59 Å². The lowest BCUT2D eigenvalue weighted by Crippen LogP contribution is -2.30. The van der Waals surface area contributed by atoms with Gasteiger partial charge in [0.2, 0.25) is 0 Å². The SMILES string of the molecule is COc1cccc(NC(=O)[C@H](C)OC(=O)Cc2c[nH]c3ccccc23)c1. The molecule has 6 heteroatoms. The molecule has 3 aromatic rings. The van der Waals surface area contributed by atoms with Gasteiger partial charge in [0.05, 0.1) is 13.5 Å². The molecular formula is C20H20N2O4. The Balaban J connectivity index is 1.58. The summed E-state index contributed by atoms with van der Waals surface area (Å²) in [5.41, 5.74) is 2.37. The molecule has 2 aromatic carbocycles. The van der Waals surface area contributed by atoms with Crippen LogP contribution in [0.25, 0.3) is 10.9 Å². The van der Waals surface area contributed by atoms with E-state index >= 15 is 0 Å². The summed E-state index contributed by atoms with van der Waals surface area (Å²) in [7, 11) is 1.55. The lowest BCUT2D eigenvalue weighted by atomic mass is 10.1. The fraction of sp³-hybridized carbons (Fsp3) is 0.200. The first-order chi connectivity index (χ1) is 12.6. The number of hydrogen-bond acceptors (Lipinski definition) is 4. The van der Waals surface area contributed by atoms with Gasteiger partial charge in [-0.2, -0.15) is 0 Å². The van der Waals surface area contributed by atoms with E-state index in [0.717, 1.165) is 16.5 Å². The zero-order valence-electron chi connectivity index (χ0n) is 14.6. The van der Waals surface area contributed by atoms with Crippen molar-refractivity contribution in [3.63, 3.8) is 0 Å². The van der Waals surface area contributed by atoms with Crippen molar-refractivity contribution >= 4 is 28.5 Å². The van der Waals surface area contributed by atoms with Crippen LogP contribution in [0.15, 0.2) is 54.7 Å².